The molecule has 1 atom stereocenters. The van der Waals surface area contributed by atoms with Crippen molar-refractivity contribution < 1.29 is 0 Å². The fraction of sp³-hybridized carbons (Fsp3) is 0.769. The smallest absolute Gasteiger partial charge is 0.189 e. The van der Waals surface area contributed by atoms with Crippen LogP contribution in [0.3, 0.4) is 0 Å². The van der Waals surface area contributed by atoms with Crippen LogP contribution in [0, 0.1) is 5.92 Å². The zero-order chi connectivity index (χ0) is 12.6. The summed E-state index contributed by atoms with van der Waals surface area (Å²) in [6.07, 6.45) is 3.65. The van der Waals surface area contributed by atoms with E-state index in [2.05, 4.69) is 37.7 Å². The highest BCUT2D eigenvalue weighted by molar-refractivity contribution is 5.78. The molecule has 3 nitrogen and oxygen atoms in total. The van der Waals surface area contributed by atoms with E-state index in [0.717, 1.165) is 17.9 Å². The van der Waals surface area contributed by atoms with E-state index in [1.807, 2.05) is 6.92 Å². The van der Waals surface area contributed by atoms with Crippen molar-refractivity contribution in [2.75, 3.05) is 6.54 Å². The molecular formula is C13H27N3. The molecular weight excluding hydrogens is 198 g/mol. The third kappa shape index (κ3) is 9.56. The monoisotopic (exact) mass is 225 g/mol. The van der Waals surface area contributed by atoms with Crippen LogP contribution in [0.25, 0.3) is 0 Å². The van der Waals surface area contributed by atoms with Gasteiger partial charge in [-0.3, -0.25) is 0 Å². The number of nitrogens with zero attached hydrogens (tertiary/aromatic N) is 1. The summed E-state index contributed by atoms with van der Waals surface area (Å²) in [5.74, 6) is 1.31. The van der Waals surface area contributed by atoms with Gasteiger partial charge in [0, 0.05) is 6.04 Å². The zero-order valence-electron chi connectivity index (χ0n) is 11.2. The average Bonchev–Trinajstić information content (AvgIpc) is 2.14. The largest absolute Gasteiger partial charge is 0.370 e. The Bertz CT molecular complexity index is 231. The topological polar surface area (TPSA) is 50.4 Å². The fourth-order valence-corrected chi connectivity index (χ4v) is 1.42. The molecule has 0 aliphatic rings. The molecule has 0 aromatic carbocycles. The van der Waals surface area contributed by atoms with E-state index >= 15 is 0 Å². The Morgan fingerprint density at radius 3 is 2.44 bits per heavy atom. The number of guanidine groups is 1. The lowest BCUT2D eigenvalue weighted by Crippen LogP contribution is -2.38. The predicted octanol–water partition coefficient (Wildman–Crippen LogP) is 2.68. The minimum absolute atomic E-state index is 0.396. The maximum Gasteiger partial charge on any atom is 0.189 e. The Balaban J connectivity index is 3.73. The summed E-state index contributed by atoms with van der Waals surface area (Å²) in [5, 5.41) is 3.20. The van der Waals surface area contributed by atoms with Crippen LogP contribution in [0.1, 0.15) is 47.0 Å². The van der Waals surface area contributed by atoms with Gasteiger partial charge in [0.05, 0.1) is 6.54 Å². The molecule has 0 heterocycles. The minimum atomic E-state index is 0.396. The normalized spacial score (nSPS) is 13.9. The van der Waals surface area contributed by atoms with Crippen LogP contribution in [0.5, 0.6) is 0 Å². The molecule has 3 N–H and O–H groups in total. The molecule has 0 aromatic heterocycles. The third-order valence-electron chi connectivity index (χ3n) is 2.33. The van der Waals surface area contributed by atoms with Crippen molar-refractivity contribution in [3.05, 3.63) is 12.2 Å². The molecule has 0 aliphatic heterocycles. The lowest BCUT2D eigenvalue weighted by Gasteiger charge is -2.15. The molecule has 0 fully saturated rings. The molecule has 0 saturated heterocycles. The van der Waals surface area contributed by atoms with E-state index in [1.165, 1.54) is 12.8 Å². The van der Waals surface area contributed by atoms with Crippen molar-refractivity contribution >= 4 is 5.96 Å². The van der Waals surface area contributed by atoms with Crippen LogP contribution in [0.15, 0.2) is 17.1 Å². The summed E-state index contributed by atoms with van der Waals surface area (Å²) in [6, 6.07) is 0.396. The van der Waals surface area contributed by atoms with E-state index in [0.29, 0.717) is 18.5 Å². The highest BCUT2D eigenvalue weighted by Gasteiger charge is 2.03. The van der Waals surface area contributed by atoms with Crippen molar-refractivity contribution in [1.82, 2.24) is 5.32 Å². The SMILES string of the molecule is C=C(C)CN=C(N)NC(C)CCCC(C)C. The van der Waals surface area contributed by atoms with Crippen LogP contribution in [-0.4, -0.2) is 18.5 Å². The van der Waals surface area contributed by atoms with Crippen LogP contribution >= 0.6 is 0 Å². The van der Waals surface area contributed by atoms with Gasteiger partial charge in [0.2, 0.25) is 0 Å². The second kappa shape index (κ2) is 8.20. The van der Waals surface area contributed by atoms with Crippen molar-refractivity contribution in [2.45, 2.75) is 53.0 Å². The molecule has 1 unspecified atom stereocenters. The highest BCUT2D eigenvalue weighted by atomic mass is 15.1. The Hall–Kier alpha value is -0.990. The Kier molecular flexibility index (Phi) is 7.69. The molecule has 0 amide bonds. The van der Waals surface area contributed by atoms with Crippen molar-refractivity contribution in [1.29, 1.82) is 0 Å². The number of nitrogens with one attached hydrogen (secondary N) is 1. The number of aliphatic imine (C=N–C) groups is 1. The van der Waals surface area contributed by atoms with Crippen LogP contribution < -0.4 is 11.1 Å². The van der Waals surface area contributed by atoms with Gasteiger partial charge >= 0.3 is 0 Å². The summed E-state index contributed by atoms with van der Waals surface area (Å²) in [7, 11) is 0. The molecule has 0 aliphatic carbocycles. The highest BCUT2D eigenvalue weighted by Crippen LogP contribution is 2.07. The lowest BCUT2D eigenvalue weighted by atomic mass is 10.0. The van der Waals surface area contributed by atoms with Gasteiger partial charge in [0.1, 0.15) is 0 Å². The van der Waals surface area contributed by atoms with Crippen LogP contribution in [0.2, 0.25) is 0 Å². The maximum absolute atomic E-state index is 5.75. The van der Waals surface area contributed by atoms with E-state index in [4.69, 9.17) is 5.73 Å². The Morgan fingerprint density at radius 1 is 1.31 bits per heavy atom. The molecule has 0 saturated carbocycles. The summed E-state index contributed by atoms with van der Waals surface area (Å²) < 4.78 is 0. The third-order valence-corrected chi connectivity index (χ3v) is 2.33. The van der Waals surface area contributed by atoms with Gasteiger partial charge in [-0.25, -0.2) is 4.99 Å². The second-order valence-electron chi connectivity index (χ2n) is 5.03. The van der Waals surface area contributed by atoms with Gasteiger partial charge in [-0.2, -0.15) is 0 Å². The Morgan fingerprint density at radius 2 is 1.94 bits per heavy atom. The first kappa shape index (κ1) is 15.0. The van der Waals surface area contributed by atoms with Crippen molar-refractivity contribution in [3.8, 4) is 0 Å². The average molecular weight is 225 g/mol. The number of rotatable bonds is 7. The molecule has 0 aromatic rings. The van der Waals surface area contributed by atoms with Gasteiger partial charge in [-0.15, -0.1) is 0 Å². The molecule has 0 radical (unpaired) electrons. The van der Waals surface area contributed by atoms with Crippen LogP contribution in [0.4, 0.5) is 0 Å². The van der Waals surface area contributed by atoms with E-state index in [9.17, 15) is 0 Å². The predicted molar refractivity (Wildman–Crippen MR) is 72.6 cm³/mol. The summed E-state index contributed by atoms with van der Waals surface area (Å²) in [6.45, 7) is 13.0. The number of nitrogens with two attached hydrogens (primary N) is 1. The standard InChI is InChI=1S/C13H27N3/c1-10(2)7-6-8-12(5)16-13(14)15-9-11(3)4/h10,12H,3,6-9H2,1-2,4-5H3,(H3,14,15,16). The molecule has 3 heteroatoms. The molecule has 94 valence electrons. The summed E-state index contributed by atoms with van der Waals surface area (Å²) in [5.41, 5.74) is 6.78. The molecule has 0 bridgehead atoms. The molecule has 16 heavy (non-hydrogen) atoms. The first-order valence-electron chi connectivity index (χ1n) is 6.12. The second-order valence-corrected chi connectivity index (χ2v) is 5.03. The quantitative estimate of drug-likeness (QED) is 0.397. The first-order chi connectivity index (χ1) is 7.41. The number of hydrogen-bond acceptors (Lipinski definition) is 1. The maximum atomic E-state index is 5.75. The first-order valence-corrected chi connectivity index (χ1v) is 6.12. The van der Waals surface area contributed by atoms with Gasteiger partial charge in [-0.1, -0.05) is 38.8 Å². The lowest BCUT2D eigenvalue weighted by molar-refractivity contribution is 0.493. The van der Waals surface area contributed by atoms with Gasteiger partial charge in [0.25, 0.3) is 0 Å². The van der Waals surface area contributed by atoms with E-state index < -0.39 is 0 Å². The van der Waals surface area contributed by atoms with Gasteiger partial charge < -0.3 is 11.1 Å². The zero-order valence-corrected chi connectivity index (χ0v) is 11.2. The summed E-state index contributed by atoms with van der Waals surface area (Å²) >= 11 is 0. The molecule has 0 rings (SSSR count). The fourth-order valence-electron chi connectivity index (χ4n) is 1.42. The number of hydrogen-bond donors (Lipinski definition) is 2. The summed E-state index contributed by atoms with van der Waals surface area (Å²) in [4.78, 5) is 4.19. The molecule has 0 spiro atoms. The van der Waals surface area contributed by atoms with E-state index in [1.54, 1.807) is 0 Å². The minimum Gasteiger partial charge on any atom is -0.370 e. The van der Waals surface area contributed by atoms with Crippen LogP contribution in [-0.2, 0) is 0 Å². The van der Waals surface area contributed by atoms with Crippen molar-refractivity contribution in [3.63, 3.8) is 0 Å². The van der Waals surface area contributed by atoms with Gasteiger partial charge in [0.15, 0.2) is 5.96 Å². The van der Waals surface area contributed by atoms with Crippen molar-refractivity contribution in [2.24, 2.45) is 16.6 Å². The van der Waals surface area contributed by atoms with Gasteiger partial charge in [-0.05, 0) is 26.2 Å². The van der Waals surface area contributed by atoms with E-state index in [-0.39, 0.29) is 0 Å². The Labute approximate surface area is 100 Å².